The van der Waals surface area contributed by atoms with Gasteiger partial charge in [-0.3, -0.25) is 4.79 Å². The van der Waals surface area contributed by atoms with Crippen molar-refractivity contribution in [2.45, 2.75) is 11.3 Å². The minimum absolute atomic E-state index is 0.0833. The molecule has 0 aromatic heterocycles. The van der Waals surface area contributed by atoms with Crippen molar-refractivity contribution in [3.63, 3.8) is 0 Å². The lowest BCUT2D eigenvalue weighted by atomic mass is 10.1. The normalized spacial score (nSPS) is 11.4. The molecule has 0 atom stereocenters. The number of halogens is 1. The maximum Gasteiger partial charge on any atom is 0.243 e. The Bertz CT molecular complexity index is 836. The maximum absolute atomic E-state index is 12.8. The Morgan fingerprint density at radius 3 is 2.31 bits per heavy atom. The molecule has 26 heavy (non-hydrogen) atoms. The van der Waals surface area contributed by atoms with Gasteiger partial charge < -0.3 is 10.1 Å². The zero-order valence-corrected chi connectivity index (χ0v) is 15.4. The van der Waals surface area contributed by atoms with Crippen molar-refractivity contribution in [3.05, 3.63) is 59.9 Å². The van der Waals surface area contributed by atoms with E-state index in [1.54, 1.807) is 24.3 Å². The molecule has 0 aliphatic heterocycles. The highest BCUT2D eigenvalue weighted by molar-refractivity contribution is 7.89. The van der Waals surface area contributed by atoms with Crippen molar-refractivity contribution in [3.8, 4) is 5.75 Å². The third kappa shape index (κ3) is 5.27. The average molecular weight is 380 g/mol. The summed E-state index contributed by atoms with van der Waals surface area (Å²) in [4.78, 5) is 12.1. The van der Waals surface area contributed by atoms with Crippen molar-refractivity contribution >= 4 is 15.9 Å². The van der Waals surface area contributed by atoms with Crippen LogP contribution in [0.3, 0.4) is 0 Å². The van der Waals surface area contributed by atoms with Crippen LogP contribution in [0.2, 0.25) is 0 Å². The fourth-order valence-electron chi connectivity index (χ4n) is 2.27. The summed E-state index contributed by atoms with van der Waals surface area (Å²) in [6.07, 6.45) is 0.529. The smallest absolute Gasteiger partial charge is 0.243 e. The van der Waals surface area contributed by atoms with Gasteiger partial charge in [-0.1, -0.05) is 12.1 Å². The molecule has 1 amide bonds. The Morgan fingerprint density at radius 1 is 1.12 bits per heavy atom. The number of methoxy groups -OCH3 is 1. The van der Waals surface area contributed by atoms with Crippen LogP contribution in [0.25, 0.3) is 0 Å². The van der Waals surface area contributed by atoms with E-state index in [0.29, 0.717) is 18.7 Å². The topological polar surface area (TPSA) is 75.7 Å². The van der Waals surface area contributed by atoms with Crippen LogP contribution < -0.4 is 10.1 Å². The second-order valence-electron chi connectivity index (χ2n) is 5.66. The Kier molecular flexibility index (Phi) is 6.70. The highest BCUT2D eigenvalue weighted by Crippen LogP contribution is 2.18. The Balaban J connectivity index is 1.87. The molecule has 0 fully saturated rings. The van der Waals surface area contributed by atoms with Gasteiger partial charge in [0.1, 0.15) is 11.6 Å². The van der Waals surface area contributed by atoms with Gasteiger partial charge in [-0.05, 0) is 48.4 Å². The third-order valence-corrected chi connectivity index (χ3v) is 5.60. The summed E-state index contributed by atoms with van der Waals surface area (Å²) in [5.41, 5.74) is 0.880. The van der Waals surface area contributed by atoms with E-state index in [1.165, 1.54) is 38.4 Å². The molecular formula is C18H21FN2O4S. The fraction of sp³-hybridized carbons (Fsp3) is 0.278. The maximum atomic E-state index is 12.8. The molecule has 1 N–H and O–H groups in total. The number of hydrogen-bond donors (Lipinski definition) is 1. The van der Waals surface area contributed by atoms with Crippen molar-refractivity contribution in [1.29, 1.82) is 0 Å². The van der Waals surface area contributed by atoms with Crippen LogP contribution in [0, 0.1) is 5.82 Å². The zero-order valence-electron chi connectivity index (χ0n) is 14.6. The van der Waals surface area contributed by atoms with E-state index in [1.807, 2.05) is 0 Å². The first kappa shape index (κ1) is 19.9. The minimum Gasteiger partial charge on any atom is -0.497 e. The molecule has 0 heterocycles. The second kappa shape index (κ2) is 8.77. The van der Waals surface area contributed by atoms with Crippen LogP contribution in [0.15, 0.2) is 53.4 Å². The van der Waals surface area contributed by atoms with Gasteiger partial charge in [0, 0.05) is 13.6 Å². The van der Waals surface area contributed by atoms with Crippen molar-refractivity contribution in [2.75, 3.05) is 27.2 Å². The summed E-state index contributed by atoms with van der Waals surface area (Å²) in [5.74, 6) is -0.181. The van der Waals surface area contributed by atoms with Gasteiger partial charge in [-0.15, -0.1) is 0 Å². The number of carbonyl (C=O) groups is 1. The largest absolute Gasteiger partial charge is 0.497 e. The van der Waals surface area contributed by atoms with E-state index in [9.17, 15) is 17.6 Å². The van der Waals surface area contributed by atoms with E-state index < -0.39 is 15.9 Å². The average Bonchev–Trinajstić information content (AvgIpc) is 2.63. The molecule has 0 aliphatic carbocycles. The highest BCUT2D eigenvalue weighted by atomic mass is 32.2. The molecule has 0 saturated carbocycles. The van der Waals surface area contributed by atoms with Crippen LogP contribution in [-0.4, -0.2) is 45.9 Å². The number of rotatable bonds is 8. The first-order valence-corrected chi connectivity index (χ1v) is 9.38. The number of amides is 1. The first-order chi connectivity index (χ1) is 12.3. The number of sulfonamides is 1. The van der Waals surface area contributed by atoms with E-state index in [4.69, 9.17) is 4.74 Å². The Morgan fingerprint density at radius 2 is 1.73 bits per heavy atom. The quantitative estimate of drug-likeness (QED) is 0.758. The predicted molar refractivity (Wildman–Crippen MR) is 95.9 cm³/mol. The summed E-state index contributed by atoms with van der Waals surface area (Å²) >= 11 is 0. The van der Waals surface area contributed by atoms with Gasteiger partial charge in [0.15, 0.2) is 0 Å². The van der Waals surface area contributed by atoms with Crippen molar-refractivity contribution < 1.29 is 22.3 Å². The minimum atomic E-state index is -3.77. The molecule has 0 bridgehead atoms. The second-order valence-corrected chi connectivity index (χ2v) is 7.71. The summed E-state index contributed by atoms with van der Waals surface area (Å²) in [6, 6.07) is 11.9. The van der Waals surface area contributed by atoms with Crippen LogP contribution in [0.5, 0.6) is 5.75 Å². The van der Waals surface area contributed by atoms with Crippen LogP contribution >= 0.6 is 0 Å². The number of ether oxygens (including phenoxy) is 1. The number of benzene rings is 2. The highest BCUT2D eigenvalue weighted by Gasteiger charge is 2.22. The van der Waals surface area contributed by atoms with Crippen LogP contribution in [0.1, 0.15) is 5.56 Å². The number of nitrogens with zero attached hydrogens (tertiary/aromatic N) is 1. The lowest BCUT2D eigenvalue weighted by Gasteiger charge is -2.17. The lowest BCUT2D eigenvalue weighted by Crippen LogP contribution is -2.39. The van der Waals surface area contributed by atoms with E-state index in [2.05, 4.69) is 5.32 Å². The van der Waals surface area contributed by atoms with Crippen LogP contribution in [0.4, 0.5) is 4.39 Å². The molecule has 140 valence electrons. The zero-order chi connectivity index (χ0) is 19.2. The molecule has 0 saturated heterocycles. The molecular weight excluding hydrogens is 359 g/mol. The molecule has 2 aromatic rings. The predicted octanol–water partition coefficient (Wildman–Crippen LogP) is 1.81. The summed E-state index contributed by atoms with van der Waals surface area (Å²) in [7, 11) is -0.927. The molecule has 0 aliphatic rings. The summed E-state index contributed by atoms with van der Waals surface area (Å²) < 4.78 is 43.8. The van der Waals surface area contributed by atoms with Crippen LogP contribution in [-0.2, 0) is 21.2 Å². The van der Waals surface area contributed by atoms with Gasteiger partial charge in [0.25, 0.3) is 0 Å². The SMILES string of the molecule is COc1ccc(S(=O)(=O)N(C)CC(=O)NCCc2ccc(F)cc2)cc1. The third-order valence-electron chi connectivity index (χ3n) is 3.78. The molecule has 0 radical (unpaired) electrons. The van der Waals surface area contributed by atoms with E-state index in [-0.39, 0.29) is 17.3 Å². The molecule has 0 unspecified atom stereocenters. The van der Waals surface area contributed by atoms with E-state index in [0.717, 1.165) is 9.87 Å². The number of likely N-dealkylation sites (N-methyl/N-ethyl adjacent to an activating group) is 1. The van der Waals surface area contributed by atoms with Crippen molar-refractivity contribution in [1.82, 2.24) is 9.62 Å². The standard InChI is InChI=1S/C18H21FN2O4S/c1-21(26(23,24)17-9-7-16(25-2)8-10-17)13-18(22)20-12-11-14-3-5-15(19)6-4-14/h3-10H,11-13H2,1-2H3,(H,20,22). The molecule has 2 rings (SSSR count). The van der Waals surface area contributed by atoms with Gasteiger partial charge in [0.2, 0.25) is 15.9 Å². The lowest BCUT2D eigenvalue weighted by molar-refractivity contribution is -0.121. The molecule has 0 spiro atoms. The molecule has 6 nitrogen and oxygen atoms in total. The molecule has 2 aromatic carbocycles. The first-order valence-electron chi connectivity index (χ1n) is 7.94. The molecule has 8 heteroatoms. The Hall–Kier alpha value is -2.45. The van der Waals surface area contributed by atoms with Gasteiger partial charge in [-0.2, -0.15) is 4.31 Å². The summed E-state index contributed by atoms with van der Waals surface area (Å²) in [6.45, 7) is 0.0403. The van der Waals surface area contributed by atoms with Gasteiger partial charge >= 0.3 is 0 Å². The number of nitrogens with one attached hydrogen (secondary N) is 1. The van der Waals surface area contributed by atoms with Gasteiger partial charge in [0.05, 0.1) is 18.6 Å². The number of carbonyl (C=O) groups excluding carboxylic acids is 1. The summed E-state index contributed by atoms with van der Waals surface area (Å²) in [5, 5.41) is 2.66. The number of hydrogen-bond acceptors (Lipinski definition) is 4. The van der Waals surface area contributed by atoms with E-state index >= 15 is 0 Å². The Labute approximate surface area is 152 Å². The van der Waals surface area contributed by atoms with Crippen molar-refractivity contribution in [2.24, 2.45) is 0 Å². The fourth-order valence-corrected chi connectivity index (χ4v) is 3.40. The van der Waals surface area contributed by atoms with Gasteiger partial charge in [-0.25, -0.2) is 12.8 Å². The monoisotopic (exact) mass is 380 g/mol.